The van der Waals surface area contributed by atoms with Crippen LogP contribution in [-0.2, 0) is 4.74 Å². The summed E-state index contributed by atoms with van der Waals surface area (Å²) in [5.74, 6) is 0.512. The number of para-hydroxylation sites is 1. The minimum atomic E-state index is -0.122. The van der Waals surface area contributed by atoms with Gasteiger partial charge >= 0.3 is 0 Å². The van der Waals surface area contributed by atoms with E-state index in [1.807, 2.05) is 18.2 Å². The molecule has 1 atom stereocenters. The number of carbonyl (C=O) groups is 1. The zero-order valence-corrected chi connectivity index (χ0v) is 10.6. The van der Waals surface area contributed by atoms with Crippen molar-refractivity contribution in [3.63, 3.8) is 0 Å². The van der Waals surface area contributed by atoms with Crippen LogP contribution in [0.3, 0.4) is 0 Å². The lowest BCUT2D eigenvalue weighted by atomic mass is 10.2. The highest BCUT2D eigenvalue weighted by molar-refractivity contribution is 5.96. The van der Waals surface area contributed by atoms with Crippen LogP contribution in [0.15, 0.2) is 24.3 Å². The number of benzene rings is 1. The summed E-state index contributed by atoms with van der Waals surface area (Å²) in [4.78, 5) is 11.6. The lowest BCUT2D eigenvalue weighted by Crippen LogP contribution is -2.19. The lowest BCUT2D eigenvalue weighted by molar-refractivity contribution is 0.0893. The summed E-state index contributed by atoms with van der Waals surface area (Å²) in [6.07, 6.45) is 3.44. The largest absolute Gasteiger partial charge is 0.493 e. The van der Waals surface area contributed by atoms with Crippen LogP contribution in [0.1, 0.15) is 29.6 Å². The van der Waals surface area contributed by atoms with Crippen molar-refractivity contribution in [3.8, 4) is 5.75 Å². The predicted octanol–water partition coefficient (Wildman–Crippen LogP) is 1.99. The van der Waals surface area contributed by atoms with E-state index in [1.165, 1.54) is 0 Å². The molecule has 98 valence electrons. The SMILES string of the molecule is CNC(=O)c1ccccc1OCCC1CCCO1. The average Bonchev–Trinajstić information content (AvgIpc) is 2.92. The van der Waals surface area contributed by atoms with Gasteiger partial charge in [-0.3, -0.25) is 4.79 Å². The quantitative estimate of drug-likeness (QED) is 0.868. The first-order chi connectivity index (χ1) is 8.81. The molecule has 1 aromatic rings. The minimum Gasteiger partial charge on any atom is -0.493 e. The zero-order chi connectivity index (χ0) is 12.8. The number of nitrogens with one attached hydrogen (secondary N) is 1. The van der Waals surface area contributed by atoms with E-state index in [-0.39, 0.29) is 5.91 Å². The summed E-state index contributed by atoms with van der Waals surface area (Å²) in [5, 5.41) is 2.61. The van der Waals surface area contributed by atoms with E-state index >= 15 is 0 Å². The Labute approximate surface area is 107 Å². The zero-order valence-electron chi connectivity index (χ0n) is 10.6. The first-order valence-corrected chi connectivity index (χ1v) is 6.37. The predicted molar refractivity (Wildman–Crippen MR) is 68.9 cm³/mol. The van der Waals surface area contributed by atoms with E-state index in [4.69, 9.17) is 9.47 Å². The van der Waals surface area contributed by atoms with E-state index in [9.17, 15) is 4.79 Å². The molecular formula is C14H19NO3. The van der Waals surface area contributed by atoms with Crippen LogP contribution in [0.2, 0.25) is 0 Å². The molecule has 1 aliphatic rings. The van der Waals surface area contributed by atoms with Crippen LogP contribution in [0.25, 0.3) is 0 Å². The van der Waals surface area contributed by atoms with Crippen LogP contribution in [0.4, 0.5) is 0 Å². The van der Waals surface area contributed by atoms with Crippen molar-refractivity contribution in [2.45, 2.75) is 25.4 Å². The van der Waals surface area contributed by atoms with Gasteiger partial charge in [-0.2, -0.15) is 0 Å². The Kier molecular flexibility index (Phi) is 4.59. The van der Waals surface area contributed by atoms with Crippen LogP contribution in [-0.4, -0.2) is 32.3 Å². The molecule has 0 aromatic heterocycles. The van der Waals surface area contributed by atoms with Gasteiger partial charge in [-0.05, 0) is 25.0 Å². The molecule has 1 unspecified atom stereocenters. The second kappa shape index (κ2) is 6.40. The standard InChI is InChI=1S/C14H19NO3/c1-15-14(16)12-6-2-3-7-13(12)18-10-8-11-5-4-9-17-11/h2-3,6-7,11H,4-5,8-10H2,1H3,(H,15,16). The lowest BCUT2D eigenvalue weighted by Gasteiger charge is -2.12. The van der Waals surface area contributed by atoms with E-state index in [0.717, 1.165) is 25.9 Å². The molecule has 0 saturated carbocycles. The normalized spacial score (nSPS) is 18.6. The molecule has 0 spiro atoms. The maximum absolute atomic E-state index is 11.6. The Morgan fingerprint density at radius 2 is 2.33 bits per heavy atom. The number of hydrogen-bond donors (Lipinski definition) is 1. The molecule has 2 rings (SSSR count). The average molecular weight is 249 g/mol. The molecule has 18 heavy (non-hydrogen) atoms. The van der Waals surface area contributed by atoms with Crippen LogP contribution in [0, 0.1) is 0 Å². The third kappa shape index (κ3) is 3.23. The van der Waals surface area contributed by atoms with Crippen molar-refractivity contribution in [2.75, 3.05) is 20.3 Å². The molecule has 1 fully saturated rings. The second-order valence-corrected chi connectivity index (χ2v) is 4.35. The fourth-order valence-electron chi connectivity index (χ4n) is 2.09. The topological polar surface area (TPSA) is 47.6 Å². The first-order valence-electron chi connectivity index (χ1n) is 6.37. The van der Waals surface area contributed by atoms with Gasteiger partial charge in [-0.1, -0.05) is 12.1 Å². The van der Waals surface area contributed by atoms with E-state index in [0.29, 0.717) is 24.0 Å². The molecule has 1 saturated heterocycles. The van der Waals surface area contributed by atoms with E-state index < -0.39 is 0 Å². The number of ether oxygens (including phenoxy) is 2. The summed E-state index contributed by atoms with van der Waals surface area (Å²) in [5.41, 5.74) is 0.576. The summed E-state index contributed by atoms with van der Waals surface area (Å²) in [7, 11) is 1.62. The number of hydrogen-bond acceptors (Lipinski definition) is 3. The number of carbonyl (C=O) groups excluding carboxylic acids is 1. The Bertz CT molecular complexity index is 400. The van der Waals surface area contributed by atoms with Crippen molar-refractivity contribution in [1.82, 2.24) is 5.32 Å². The Hall–Kier alpha value is -1.55. The summed E-state index contributed by atoms with van der Waals surface area (Å²) in [6.45, 7) is 1.44. The van der Waals surface area contributed by atoms with Crippen molar-refractivity contribution in [3.05, 3.63) is 29.8 Å². The smallest absolute Gasteiger partial charge is 0.254 e. The Morgan fingerprint density at radius 1 is 1.50 bits per heavy atom. The van der Waals surface area contributed by atoms with Gasteiger partial charge in [0.15, 0.2) is 0 Å². The van der Waals surface area contributed by atoms with Crippen LogP contribution in [0.5, 0.6) is 5.75 Å². The highest BCUT2D eigenvalue weighted by Crippen LogP contribution is 2.20. The fourth-order valence-corrected chi connectivity index (χ4v) is 2.09. The third-order valence-electron chi connectivity index (χ3n) is 3.08. The molecule has 0 radical (unpaired) electrons. The van der Waals surface area contributed by atoms with Gasteiger partial charge < -0.3 is 14.8 Å². The molecule has 1 aliphatic heterocycles. The molecular weight excluding hydrogens is 230 g/mol. The molecule has 4 nitrogen and oxygen atoms in total. The van der Waals surface area contributed by atoms with Gasteiger partial charge in [0, 0.05) is 20.1 Å². The molecule has 1 amide bonds. The van der Waals surface area contributed by atoms with Crippen molar-refractivity contribution in [2.24, 2.45) is 0 Å². The Balaban J connectivity index is 1.89. The van der Waals surface area contributed by atoms with Crippen molar-refractivity contribution >= 4 is 5.91 Å². The maximum Gasteiger partial charge on any atom is 0.254 e. The maximum atomic E-state index is 11.6. The molecule has 4 heteroatoms. The van der Waals surface area contributed by atoms with Gasteiger partial charge in [-0.15, -0.1) is 0 Å². The van der Waals surface area contributed by atoms with E-state index in [1.54, 1.807) is 13.1 Å². The Morgan fingerprint density at radius 3 is 3.06 bits per heavy atom. The third-order valence-corrected chi connectivity index (χ3v) is 3.08. The van der Waals surface area contributed by atoms with E-state index in [2.05, 4.69) is 5.32 Å². The van der Waals surface area contributed by atoms with Crippen LogP contribution >= 0.6 is 0 Å². The highest BCUT2D eigenvalue weighted by atomic mass is 16.5. The molecule has 1 aromatic carbocycles. The number of amides is 1. The molecule has 1 N–H and O–H groups in total. The van der Waals surface area contributed by atoms with Crippen LogP contribution < -0.4 is 10.1 Å². The molecule has 0 aliphatic carbocycles. The summed E-state index contributed by atoms with van der Waals surface area (Å²) < 4.78 is 11.2. The van der Waals surface area contributed by atoms with Gasteiger partial charge in [0.2, 0.25) is 0 Å². The monoisotopic (exact) mass is 249 g/mol. The minimum absolute atomic E-state index is 0.122. The second-order valence-electron chi connectivity index (χ2n) is 4.35. The van der Waals surface area contributed by atoms with Crippen molar-refractivity contribution < 1.29 is 14.3 Å². The summed E-state index contributed by atoms with van der Waals surface area (Å²) >= 11 is 0. The van der Waals surface area contributed by atoms with Gasteiger partial charge in [0.05, 0.1) is 18.3 Å². The highest BCUT2D eigenvalue weighted by Gasteiger charge is 2.16. The molecule has 0 bridgehead atoms. The first kappa shape index (κ1) is 12.9. The van der Waals surface area contributed by atoms with Crippen molar-refractivity contribution in [1.29, 1.82) is 0 Å². The fraction of sp³-hybridized carbons (Fsp3) is 0.500. The molecule has 1 heterocycles. The van der Waals surface area contributed by atoms with Gasteiger partial charge in [0.25, 0.3) is 5.91 Å². The van der Waals surface area contributed by atoms with Gasteiger partial charge in [0.1, 0.15) is 5.75 Å². The van der Waals surface area contributed by atoms with Gasteiger partial charge in [-0.25, -0.2) is 0 Å². The number of rotatable bonds is 5. The summed E-state index contributed by atoms with van der Waals surface area (Å²) in [6, 6.07) is 7.28.